The van der Waals surface area contributed by atoms with Crippen LogP contribution in [0.25, 0.3) is 0 Å². The number of carbonyl (C=O) groups excluding carboxylic acids is 1. The Labute approximate surface area is 163 Å². The van der Waals surface area contributed by atoms with E-state index >= 15 is 0 Å². The summed E-state index contributed by atoms with van der Waals surface area (Å²) in [4.78, 5) is 23.1. The number of thioether (sulfide) groups is 1. The number of benzene rings is 1. The summed E-state index contributed by atoms with van der Waals surface area (Å²) in [7, 11) is 0. The largest absolute Gasteiger partial charge is 0.356 e. The molecule has 1 N–H and O–H groups in total. The number of hydrogen-bond donors (Lipinski definition) is 1. The first-order valence-corrected chi connectivity index (χ1v) is 10.2. The van der Waals surface area contributed by atoms with Crippen LogP contribution in [0.4, 0.5) is 5.82 Å². The topological polar surface area (TPSA) is 58.1 Å². The third kappa shape index (κ3) is 5.61. The number of aromatic nitrogens is 2. The van der Waals surface area contributed by atoms with E-state index in [0.29, 0.717) is 16.9 Å². The van der Waals surface area contributed by atoms with Gasteiger partial charge in [-0.15, -0.1) is 0 Å². The van der Waals surface area contributed by atoms with E-state index in [1.807, 2.05) is 30.3 Å². The highest BCUT2D eigenvalue weighted by molar-refractivity contribution is 7.99. The fourth-order valence-corrected chi connectivity index (χ4v) is 3.74. The van der Waals surface area contributed by atoms with Gasteiger partial charge in [0.15, 0.2) is 5.16 Å². The molecule has 7 heteroatoms. The smallest absolute Gasteiger partial charge is 0.230 e. The maximum Gasteiger partial charge on any atom is 0.230 e. The van der Waals surface area contributed by atoms with Gasteiger partial charge in [-0.3, -0.25) is 4.79 Å². The first-order valence-electron chi connectivity index (χ1n) is 8.83. The maximum atomic E-state index is 12.1. The van der Waals surface area contributed by atoms with Crippen LogP contribution in [0.1, 0.15) is 25.3 Å². The van der Waals surface area contributed by atoms with Crippen LogP contribution in [-0.4, -0.2) is 34.7 Å². The molecule has 1 aliphatic heterocycles. The van der Waals surface area contributed by atoms with Gasteiger partial charge in [0.1, 0.15) is 11.0 Å². The SMILES string of the molecule is CC1CCN(c2cc(Cl)nc(SCC(=O)NCc3ccccc3)n2)CC1. The van der Waals surface area contributed by atoms with Crippen molar-refractivity contribution in [1.82, 2.24) is 15.3 Å². The molecule has 2 aromatic rings. The van der Waals surface area contributed by atoms with E-state index in [1.54, 1.807) is 6.07 Å². The molecule has 0 aliphatic carbocycles. The molecule has 0 spiro atoms. The number of hydrogen-bond acceptors (Lipinski definition) is 5. The highest BCUT2D eigenvalue weighted by Crippen LogP contribution is 2.25. The molecule has 138 valence electrons. The summed E-state index contributed by atoms with van der Waals surface area (Å²) in [5.41, 5.74) is 1.08. The third-order valence-corrected chi connectivity index (χ3v) is 5.47. The zero-order chi connectivity index (χ0) is 18.4. The van der Waals surface area contributed by atoms with Crippen LogP contribution in [0.2, 0.25) is 5.15 Å². The molecule has 0 atom stereocenters. The molecule has 1 saturated heterocycles. The normalized spacial score (nSPS) is 15.1. The van der Waals surface area contributed by atoms with Gasteiger partial charge in [-0.1, -0.05) is 60.6 Å². The van der Waals surface area contributed by atoms with Crippen molar-refractivity contribution >= 4 is 35.1 Å². The van der Waals surface area contributed by atoms with Crippen LogP contribution in [0.5, 0.6) is 0 Å². The van der Waals surface area contributed by atoms with Gasteiger partial charge in [0, 0.05) is 25.7 Å². The monoisotopic (exact) mass is 390 g/mol. The van der Waals surface area contributed by atoms with E-state index in [9.17, 15) is 4.79 Å². The lowest BCUT2D eigenvalue weighted by molar-refractivity contribution is -0.118. The van der Waals surface area contributed by atoms with Crippen LogP contribution in [0.3, 0.4) is 0 Å². The fourth-order valence-electron chi connectivity index (χ4n) is 2.83. The zero-order valence-electron chi connectivity index (χ0n) is 14.8. The Balaban J connectivity index is 1.53. The average molecular weight is 391 g/mol. The molecule has 1 amide bonds. The van der Waals surface area contributed by atoms with Crippen molar-refractivity contribution in [3.63, 3.8) is 0 Å². The van der Waals surface area contributed by atoms with Crippen LogP contribution < -0.4 is 10.2 Å². The predicted molar refractivity (Wildman–Crippen MR) is 107 cm³/mol. The van der Waals surface area contributed by atoms with Gasteiger partial charge in [0.2, 0.25) is 5.91 Å². The first-order chi connectivity index (χ1) is 12.6. The van der Waals surface area contributed by atoms with Crippen LogP contribution in [-0.2, 0) is 11.3 Å². The van der Waals surface area contributed by atoms with E-state index in [1.165, 1.54) is 11.8 Å². The standard InChI is InChI=1S/C19H23ClN4OS/c1-14-7-9-24(10-8-14)17-11-16(20)22-19(23-17)26-13-18(25)21-12-15-5-3-2-4-6-15/h2-6,11,14H,7-10,12-13H2,1H3,(H,21,25). The number of amides is 1. The van der Waals surface area contributed by atoms with Gasteiger partial charge < -0.3 is 10.2 Å². The number of halogens is 1. The number of nitrogens with one attached hydrogen (secondary N) is 1. The molecule has 0 bridgehead atoms. The molecular weight excluding hydrogens is 368 g/mol. The molecule has 0 saturated carbocycles. The predicted octanol–water partition coefficient (Wildman–Crippen LogP) is 3.77. The number of piperidine rings is 1. The van der Waals surface area contributed by atoms with Gasteiger partial charge in [-0.25, -0.2) is 9.97 Å². The molecule has 5 nitrogen and oxygen atoms in total. The lowest BCUT2D eigenvalue weighted by atomic mass is 9.99. The summed E-state index contributed by atoms with van der Waals surface area (Å²) in [6.07, 6.45) is 2.32. The van der Waals surface area contributed by atoms with E-state index in [2.05, 4.69) is 27.1 Å². The summed E-state index contributed by atoms with van der Waals surface area (Å²) in [5.74, 6) is 1.83. The fraction of sp³-hybridized carbons (Fsp3) is 0.421. The lowest BCUT2D eigenvalue weighted by Gasteiger charge is -2.31. The molecule has 1 aromatic heterocycles. The number of carbonyl (C=O) groups is 1. The quantitative estimate of drug-likeness (QED) is 0.462. The van der Waals surface area contributed by atoms with Crippen molar-refractivity contribution in [2.24, 2.45) is 5.92 Å². The highest BCUT2D eigenvalue weighted by atomic mass is 35.5. The van der Waals surface area contributed by atoms with Gasteiger partial charge in [-0.05, 0) is 24.3 Å². The summed E-state index contributed by atoms with van der Waals surface area (Å²) in [6.45, 7) is 4.76. The van der Waals surface area contributed by atoms with E-state index in [0.717, 1.165) is 43.2 Å². The van der Waals surface area contributed by atoms with E-state index in [-0.39, 0.29) is 11.7 Å². The molecule has 3 rings (SSSR count). The summed E-state index contributed by atoms with van der Waals surface area (Å²) in [5, 5.41) is 3.87. The van der Waals surface area contributed by atoms with Crippen molar-refractivity contribution in [1.29, 1.82) is 0 Å². The Kier molecular flexibility index (Phi) is 6.74. The van der Waals surface area contributed by atoms with Crippen LogP contribution in [0, 0.1) is 5.92 Å². The number of anilines is 1. The Morgan fingerprint density at radius 2 is 2.00 bits per heavy atom. The minimum absolute atomic E-state index is 0.0456. The number of rotatable bonds is 6. The van der Waals surface area contributed by atoms with E-state index in [4.69, 9.17) is 11.6 Å². The molecule has 0 radical (unpaired) electrons. The van der Waals surface area contributed by atoms with Gasteiger partial charge in [0.25, 0.3) is 0 Å². The van der Waals surface area contributed by atoms with Crippen molar-refractivity contribution in [2.75, 3.05) is 23.7 Å². The second-order valence-corrected chi connectivity index (χ2v) is 7.88. The van der Waals surface area contributed by atoms with Gasteiger partial charge in [0.05, 0.1) is 5.75 Å². The minimum atomic E-state index is -0.0456. The van der Waals surface area contributed by atoms with Crippen molar-refractivity contribution in [2.45, 2.75) is 31.5 Å². The number of nitrogens with zero attached hydrogens (tertiary/aromatic N) is 3. The van der Waals surface area contributed by atoms with Crippen molar-refractivity contribution in [3.8, 4) is 0 Å². The van der Waals surface area contributed by atoms with Gasteiger partial charge in [-0.2, -0.15) is 0 Å². The van der Waals surface area contributed by atoms with E-state index < -0.39 is 0 Å². The second-order valence-electron chi connectivity index (χ2n) is 6.55. The molecule has 0 unspecified atom stereocenters. The molecule has 2 heterocycles. The van der Waals surface area contributed by atoms with Gasteiger partial charge >= 0.3 is 0 Å². The maximum absolute atomic E-state index is 12.1. The molecule has 1 aromatic carbocycles. The summed E-state index contributed by atoms with van der Waals surface area (Å²) >= 11 is 7.47. The molecule has 1 fully saturated rings. The first kappa shape index (κ1) is 19.0. The van der Waals surface area contributed by atoms with Crippen LogP contribution in [0.15, 0.2) is 41.6 Å². The molecular formula is C19H23ClN4OS. The molecule has 26 heavy (non-hydrogen) atoms. The average Bonchev–Trinajstić information content (AvgIpc) is 2.66. The summed E-state index contributed by atoms with van der Waals surface area (Å²) < 4.78 is 0. The van der Waals surface area contributed by atoms with Crippen molar-refractivity contribution < 1.29 is 4.79 Å². The van der Waals surface area contributed by atoms with Crippen molar-refractivity contribution in [3.05, 3.63) is 47.1 Å². The third-order valence-electron chi connectivity index (χ3n) is 4.43. The Morgan fingerprint density at radius 3 is 2.73 bits per heavy atom. The highest BCUT2D eigenvalue weighted by Gasteiger charge is 2.18. The lowest BCUT2D eigenvalue weighted by Crippen LogP contribution is -2.33. The Bertz CT molecular complexity index is 736. The zero-order valence-corrected chi connectivity index (χ0v) is 16.4. The summed E-state index contributed by atoms with van der Waals surface area (Å²) in [6, 6.07) is 11.6. The minimum Gasteiger partial charge on any atom is -0.356 e. The second kappa shape index (κ2) is 9.24. The Hall–Kier alpha value is -1.79. The molecule has 1 aliphatic rings. The van der Waals surface area contributed by atoms with Crippen LogP contribution >= 0.6 is 23.4 Å². The Morgan fingerprint density at radius 1 is 1.27 bits per heavy atom.